The van der Waals surface area contributed by atoms with Crippen molar-refractivity contribution in [2.75, 3.05) is 21.1 Å². The molecule has 8 heteroatoms. The van der Waals surface area contributed by atoms with E-state index in [1.807, 2.05) is 49.5 Å². The summed E-state index contributed by atoms with van der Waals surface area (Å²) in [7, 11) is 7.25. The van der Waals surface area contributed by atoms with Crippen LogP contribution in [0.2, 0.25) is 0 Å². The summed E-state index contributed by atoms with van der Waals surface area (Å²) in [5, 5.41) is 6.58. The molecule has 1 aromatic heterocycles. The van der Waals surface area contributed by atoms with E-state index >= 15 is 0 Å². The molecule has 0 fully saturated rings. The number of carbonyl (C=O) groups is 1. The summed E-state index contributed by atoms with van der Waals surface area (Å²) in [6.07, 6.45) is 0. The van der Waals surface area contributed by atoms with Gasteiger partial charge in [0, 0.05) is 40.3 Å². The fourth-order valence-corrected chi connectivity index (χ4v) is 2.95. The smallest absolute Gasteiger partial charge is 0.253 e. The van der Waals surface area contributed by atoms with Crippen LogP contribution in [0, 0.1) is 0 Å². The van der Waals surface area contributed by atoms with Crippen molar-refractivity contribution in [3.05, 3.63) is 65.5 Å². The van der Waals surface area contributed by atoms with Crippen LogP contribution in [0.25, 0.3) is 11.0 Å². The average Bonchev–Trinajstić information content (AvgIpc) is 3.04. The van der Waals surface area contributed by atoms with Gasteiger partial charge in [0.25, 0.3) is 5.91 Å². The summed E-state index contributed by atoms with van der Waals surface area (Å²) in [6.45, 7) is 1.18. The molecular formula is C21H27IN6O. The van der Waals surface area contributed by atoms with Gasteiger partial charge in [-0.25, -0.2) is 4.98 Å². The molecule has 1 heterocycles. The molecule has 0 saturated carbocycles. The first-order valence-electron chi connectivity index (χ1n) is 9.15. The van der Waals surface area contributed by atoms with E-state index in [9.17, 15) is 4.79 Å². The van der Waals surface area contributed by atoms with Crippen LogP contribution in [0.4, 0.5) is 0 Å². The Morgan fingerprint density at radius 2 is 1.72 bits per heavy atom. The van der Waals surface area contributed by atoms with Crippen LogP contribution in [-0.2, 0) is 20.1 Å². The summed E-state index contributed by atoms with van der Waals surface area (Å²) in [5.41, 5.74) is 3.84. The van der Waals surface area contributed by atoms with E-state index in [4.69, 9.17) is 0 Å². The highest BCUT2D eigenvalue weighted by molar-refractivity contribution is 14.0. The number of aromatic nitrogens is 2. The van der Waals surface area contributed by atoms with Crippen LogP contribution >= 0.6 is 24.0 Å². The number of aliphatic imine (C=N–C) groups is 1. The molecule has 0 saturated heterocycles. The maximum atomic E-state index is 12.0. The van der Waals surface area contributed by atoms with Crippen molar-refractivity contribution in [3.63, 3.8) is 0 Å². The lowest BCUT2D eigenvalue weighted by atomic mass is 10.1. The van der Waals surface area contributed by atoms with Gasteiger partial charge in [0.1, 0.15) is 5.82 Å². The number of rotatable bonds is 5. The fourth-order valence-electron chi connectivity index (χ4n) is 2.95. The first-order valence-corrected chi connectivity index (χ1v) is 9.15. The number of halogens is 1. The molecule has 0 unspecified atom stereocenters. The van der Waals surface area contributed by atoms with Gasteiger partial charge >= 0.3 is 0 Å². The maximum Gasteiger partial charge on any atom is 0.253 e. The molecular weight excluding hydrogens is 479 g/mol. The Morgan fingerprint density at radius 3 is 2.34 bits per heavy atom. The predicted molar refractivity (Wildman–Crippen MR) is 128 cm³/mol. The number of imidazole rings is 1. The summed E-state index contributed by atoms with van der Waals surface area (Å²) < 4.78 is 2.08. The zero-order chi connectivity index (χ0) is 20.1. The lowest BCUT2D eigenvalue weighted by molar-refractivity contribution is 0.0827. The average molecular weight is 506 g/mol. The topological polar surface area (TPSA) is 74.6 Å². The van der Waals surface area contributed by atoms with Gasteiger partial charge in [-0.15, -0.1) is 24.0 Å². The number of benzene rings is 2. The van der Waals surface area contributed by atoms with Gasteiger partial charge in [0.2, 0.25) is 0 Å². The third-order valence-corrected chi connectivity index (χ3v) is 4.58. The molecule has 7 nitrogen and oxygen atoms in total. The zero-order valence-corrected chi connectivity index (χ0v) is 19.5. The number of amides is 1. The fraction of sp³-hybridized carbons (Fsp3) is 0.286. The van der Waals surface area contributed by atoms with E-state index in [2.05, 4.69) is 31.2 Å². The number of hydrogen-bond donors (Lipinski definition) is 2. The number of hydrogen-bond acceptors (Lipinski definition) is 3. The standard InChI is InChI=1S/C21H26N6O.HI/c1-22-21(23-13-15-9-11-16(12-10-15)20(28)26(2)3)24-14-19-25-17-7-5-6-8-18(17)27(19)4;/h5-12H,13-14H2,1-4H3,(H2,22,23,24);1H. The quantitative estimate of drug-likeness (QED) is 0.317. The predicted octanol–water partition coefficient (Wildman–Crippen LogP) is 2.76. The molecule has 0 aliphatic carbocycles. The minimum absolute atomic E-state index is 0. The van der Waals surface area contributed by atoms with E-state index in [1.165, 1.54) is 0 Å². The third-order valence-electron chi connectivity index (χ3n) is 4.58. The maximum absolute atomic E-state index is 12.0. The van der Waals surface area contributed by atoms with E-state index in [0.717, 1.165) is 22.4 Å². The SMILES string of the molecule is CN=C(NCc1ccc(C(=O)N(C)C)cc1)NCc1nc2ccccc2n1C.I. The number of fused-ring (bicyclic) bond motifs is 1. The van der Waals surface area contributed by atoms with E-state index in [-0.39, 0.29) is 29.9 Å². The first kappa shape index (κ1) is 22.7. The van der Waals surface area contributed by atoms with Crippen LogP contribution in [0.3, 0.4) is 0 Å². The number of nitrogens with one attached hydrogen (secondary N) is 2. The first-order chi connectivity index (χ1) is 13.5. The molecule has 154 valence electrons. The van der Waals surface area contributed by atoms with Crippen molar-refractivity contribution >= 4 is 46.9 Å². The van der Waals surface area contributed by atoms with Gasteiger partial charge in [-0.3, -0.25) is 9.79 Å². The normalized spacial score (nSPS) is 11.1. The highest BCUT2D eigenvalue weighted by atomic mass is 127. The number of carbonyl (C=O) groups excluding carboxylic acids is 1. The highest BCUT2D eigenvalue weighted by Crippen LogP contribution is 2.13. The Kier molecular flexibility index (Phi) is 8.00. The summed E-state index contributed by atoms with van der Waals surface area (Å²) in [6, 6.07) is 15.7. The molecule has 0 aliphatic heterocycles. The number of para-hydroxylation sites is 2. The molecule has 0 aliphatic rings. The van der Waals surface area contributed by atoms with Crippen molar-refractivity contribution in [2.24, 2.45) is 12.0 Å². The van der Waals surface area contributed by atoms with E-state index in [0.29, 0.717) is 24.6 Å². The second-order valence-corrected chi connectivity index (χ2v) is 6.75. The Morgan fingerprint density at radius 1 is 1.07 bits per heavy atom. The zero-order valence-electron chi connectivity index (χ0n) is 17.1. The molecule has 1 amide bonds. The highest BCUT2D eigenvalue weighted by Gasteiger charge is 2.09. The Balaban J connectivity index is 0.00000300. The summed E-state index contributed by atoms with van der Waals surface area (Å²) in [5.74, 6) is 1.63. The van der Waals surface area contributed by atoms with Crippen LogP contribution < -0.4 is 10.6 Å². The molecule has 2 aromatic carbocycles. The molecule has 3 rings (SSSR count). The van der Waals surface area contributed by atoms with Gasteiger partial charge in [0.05, 0.1) is 17.6 Å². The molecule has 2 N–H and O–H groups in total. The Labute approximate surface area is 188 Å². The number of aryl methyl sites for hydroxylation is 1. The van der Waals surface area contributed by atoms with Crippen LogP contribution in [0.1, 0.15) is 21.7 Å². The van der Waals surface area contributed by atoms with Crippen LogP contribution in [-0.4, -0.2) is 47.5 Å². The minimum atomic E-state index is -0.000518. The summed E-state index contributed by atoms with van der Waals surface area (Å²) >= 11 is 0. The Bertz CT molecular complexity index is 994. The monoisotopic (exact) mass is 506 g/mol. The minimum Gasteiger partial charge on any atom is -0.352 e. The molecule has 0 spiro atoms. The second kappa shape index (κ2) is 10.2. The lowest BCUT2D eigenvalue weighted by Crippen LogP contribution is -2.36. The van der Waals surface area contributed by atoms with Crippen molar-refractivity contribution in [2.45, 2.75) is 13.1 Å². The van der Waals surface area contributed by atoms with E-state index in [1.54, 1.807) is 26.0 Å². The van der Waals surface area contributed by atoms with Gasteiger partial charge < -0.3 is 20.1 Å². The van der Waals surface area contributed by atoms with Gasteiger partial charge in [0.15, 0.2) is 5.96 Å². The van der Waals surface area contributed by atoms with E-state index < -0.39 is 0 Å². The van der Waals surface area contributed by atoms with Crippen LogP contribution in [0.15, 0.2) is 53.5 Å². The van der Waals surface area contributed by atoms with Gasteiger partial charge in [-0.05, 0) is 29.8 Å². The van der Waals surface area contributed by atoms with Crippen molar-refractivity contribution in [1.29, 1.82) is 0 Å². The second-order valence-electron chi connectivity index (χ2n) is 6.75. The molecule has 3 aromatic rings. The lowest BCUT2D eigenvalue weighted by Gasteiger charge is -2.13. The Hall–Kier alpha value is -2.62. The third kappa shape index (κ3) is 5.47. The van der Waals surface area contributed by atoms with Gasteiger partial charge in [-0.1, -0.05) is 24.3 Å². The summed E-state index contributed by atoms with van der Waals surface area (Å²) in [4.78, 5) is 22.4. The molecule has 29 heavy (non-hydrogen) atoms. The van der Waals surface area contributed by atoms with Crippen molar-refractivity contribution < 1.29 is 4.79 Å². The van der Waals surface area contributed by atoms with Crippen molar-refractivity contribution in [1.82, 2.24) is 25.1 Å². The van der Waals surface area contributed by atoms with Crippen LogP contribution in [0.5, 0.6) is 0 Å². The van der Waals surface area contributed by atoms with Gasteiger partial charge in [-0.2, -0.15) is 0 Å². The number of guanidine groups is 1. The number of nitrogens with zero attached hydrogens (tertiary/aromatic N) is 4. The van der Waals surface area contributed by atoms with Crippen molar-refractivity contribution in [3.8, 4) is 0 Å². The molecule has 0 radical (unpaired) electrons. The largest absolute Gasteiger partial charge is 0.352 e. The molecule has 0 atom stereocenters. The molecule has 0 bridgehead atoms.